The molecule has 0 saturated heterocycles. The average Bonchev–Trinajstić information content (AvgIpc) is 2.92. The van der Waals surface area contributed by atoms with Crippen LogP contribution in [0.5, 0.6) is 0 Å². The summed E-state index contributed by atoms with van der Waals surface area (Å²) in [6.45, 7) is 1.70. The zero-order valence-corrected chi connectivity index (χ0v) is 13.7. The molecule has 0 atom stereocenters. The first-order valence-corrected chi connectivity index (χ1v) is 7.67. The molecule has 0 spiro atoms. The number of hydrogen-bond donors (Lipinski definition) is 4. The average molecular weight is 350 g/mol. The summed E-state index contributed by atoms with van der Waals surface area (Å²) < 4.78 is 13.1. The number of carbonyl (C=O) groups is 3. The van der Waals surface area contributed by atoms with Crippen LogP contribution in [0.3, 0.4) is 0 Å². The number of halogens is 1. The molecule has 24 heavy (non-hydrogen) atoms. The lowest BCUT2D eigenvalue weighted by Gasteiger charge is -2.05. The van der Waals surface area contributed by atoms with E-state index in [0.717, 1.165) is 17.4 Å². The number of benzene rings is 1. The van der Waals surface area contributed by atoms with E-state index in [1.807, 2.05) is 0 Å². The minimum Gasteiger partial charge on any atom is -0.340 e. The molecule has 0 unspecified atom stereocenters. The van der Waals surface area contributed by atoms with Crippen molar-refractivity contribution in [2.24, 2.45) is 0 Å². The maximum absolute atomic E-state index is 13.1. The summed E-state index contributed by atoms with van der Waals surface area (Å²) in [6, 6.07) is 6.35. The summed E-state index contributed by atoms with van der Waals surface area (Å²) in [6.07, 6.45) is 0. The molecule has 2 aromatic rings. The second-order valence-electron chi connectivity index (χ2n) is 4.75. The van der Waals surface area contributed by atoms with Crippen molar-refractivity contribution in [1.82, 2.24) is 16.2 Å². The number of urea groups is 1. The van der Waals surface area contributed by atoms with Crippen LogP contribution in [-0.4, -0.2) is 24.9 Å². The number of amides is 4. The van der Waals surface area contributed by atoms with Gasteiger partial charge in [-0.3, -0.25) is 15.0 Å². The van der Waals surface area contributed by atoms with Gasteiger partial charge in [0.2, 0.25) is 0 Å². The van der Waals surface area contributed by atoms with Gasteiger partial charge in [0, 0.05) is 12.6 Å². The van der Waals surface area contributed by atoms with Crippen molar-refractivity contribution in [2.45, 2.75) is 6.92 Å². The van der Waals surface area contributed by atoms with E-state index in [0.29, 0.717) is 15.4 Å². The van der Waals surface area contributed by atoms with Crippen LogP contribution < -0.4 is 21.5 Å². The highest BCUT2D eigenvalue weighted by atomic mass is 32.1. The summed E-state index contributed by atoms with van der Waals surface area (Å²) in [5.41, 5.74) is 5.22. The summed E-state index contributed by atoms with van der Waals surface area (Å²) in [4.78, 5) is 35.4. The standard InChI is InChI=1S/C15H15FN4O3S/c1-8-6-11(18-13(21)9-4-3-5-10(16)7-9)24-12(8)14(22)19-20-15(23)17-2/h3-7H,1-2H3,(H,18,21)(H,19,22)(H2,17,20,23). The van der Waals surface area contributed by atoms with E-state index in [2.05, 4.69) is 21.5 Å². The lowest BCUT2D eigenvalue weighted by molar-refractivity contribution is 0.0939. The molecule has 2 rings (SSSR count). The van der Waals surface area contributed by atoms with Gasteiger partial charge in [-0.25, -0.2) is 14.6 Å². The second kappa shape index (κ2) is 7.55. The van der Waals surface area contributed by atoms with Gasteiger partial charge in [0.15, 0.2) is 0 Å². The maximum Gasteiger partial charge on any atom is 0.333 e. The molecule has 1 aromatic heterocycles. The molecular formula is C15H15FN4O3S. The minimum atomic E-state index is -0.558. The summed E-state index contributed by atoms with van der Waals surface area (Å²) in [5, 5.41) is 5.34. The number of rotatable bonds is 3. The summed E-state index contributed by atoms with van der Waals surface area (Å²) >= 11 is 1.04. The molecule has 0 bridgehead atoms. The van der Waals surface area contributed by atoms with E-state index in [-0.39, 0.29) is 5.56 Å². The fourth-order valence-corrected chi connectivity index (χ4v) is 2.78. The fourth-order valence-electron chi connectivity index (χ4n) is 1.82. The van der Waals surface area contributed by atoms with E-state index < -0.39 is 23.7 Å². The van der Waals surface area contributed by atoms with Gasteiger partial charge < -0.3 is 10.6 Å². The summed E-state index contributed by atoms with van der Waals surface area (Å²) in [7, 11) is 1.41. The van der Waals surface area contributed by atoms with Crippen LogP contribution in [0.1, 0.15) is 25.6 Å². The largest absolute Gasteiger partial charge is 0.340 e. The summed E-state index contributed by atoms with van der Waals surface area (Å²) in [5.74, 6) is -1.50. The quantitative estimate of drug-likeness (QED) is 0.637. The topological polar surface area (TPSA) is 99.3 Å². The van der Waals surface area contributed by atoms with E-state index in [9.17, 15) is 18.8 Å². The molecule has 0 saturated carbocycles. The first-order chi connectivity index (χ1) is 11.4. The fraction of sp³-hybridized carbons (Fsp3) is 0.133. The Labute approximate surface area is 141 Å². The molecule has 126 valence electrons. The molecule has 0 aliphatic rings. The highest BCUT2D eigenvalue weighted by molar-refractivity contribution is 7.18. The Bertz CT molecular complexity index is 791. The van der Waals surface area contributed by atoms with Crippen LogP contribution in [0.25, 0.3) is 0 Å². The number of carbonyl (C=O) groups excluding carboxylic acids is 3. The molecule has 0 fully saturated rings. The Hall–Kier alpha value is -2.94. The van der Waals surface area contributed by atoms with E-state index in [1.165, 1.54) is 25.2 Å². The van der Waals surface area contributed by atoms with E-state index >= 15 is 0 Å². The van der Waals surface area contributed by atoms with Gasteiger partial charge in [-0.2, -0.15) is 0 Å². The molecule has 0 aliphatic heterocycles. The molecule has 4 N–H and O–H groups in total. The highest BCUT2D eigenvalue weighted by Crippen LogP contribution is 2.27. The van der Waals surface area contributed by atoms with Gasteiger partial charge in [0.25, 0.3) is 11.8 Å². The molecule has 1 heterocycles. The third kappa shape index (κ3) is 4.29. The predicted molar refractivity (Wildman–Crippen MR) is 88.5 cm³/mol. The third-order valence-electron chi connectivity index (χ3n) is 2.96. The van der Waals surface area contributed by atoms with Crippen LogP contribution in [0, 0.1) is 12.7 Å². The van der Waals surface area contributed by atoms with Crippen molar-refractivity contribution in [1.29, 1.82) is 0 Å². The molecule has 0 aliphatic carbocycles. The SMILES string of the molecule is CNC(=O)NNC(=O)c1sc(NC(=O)c2cccc(F)c2)cc1C. The molecule has 1 aromatic carbocycles. The zero-order valence-electron chi connectivity index (χ0n) is 12.9. The second-order valence-corrected chi connectivity index (χ2v) is 5.80. The van der Waals surface area contributed by atoms with Gasteiger partial charge in [-0.05, 0) is 36.8 Å². The highest BCUT2D eigenvalue weighted by Gasteiger charge is 2.16. The Morgan fingerprint density at radius 3 is 2.50 bits per heavy atom. The van der Waals surface area contributed by atoms with Crippen molar-refractivity contribution >= 4 is 34.2 Å². The normalized spacial score (nSPS) is 9.96. The van der Waals surface area contributed by atoms with Crippen LogP contribution in [0.2, 0.25) is 0 Å². The van der Waals surface area contributed by atoms with E-state index in [4.69, 9.17) is 0 Å². The molecule has 4 amide bonds. The zero-order chi connectivity index (χ0) is 17.7. The van der Waals surface area contributed by atoms with Crippen molar-refractivity contribution in [3.63, 3.8) is 0 Å². The van der Waals surface area contributed by atoms with Crippen LogP contribution in [0.4, 0.5) is 14.2 Å². The van der Waals surface area contributed by atoms with E-state index in [1.54, 1.807) is 13.0 Å². The lowest BCUT2D eigenvalue weighted by Crippen LogP contribution is -2.45. The number of aryl methyl sites for hydroxylation is 1. The number of anilines is 1. The van der Waals surface area contributed by atoms with Crippen LogP contribution in [-0.2, 0) is 0 Å². The predicted octanol–water partition coefficient (Wildman–Crippen LogP) is 2.02. The Balaban J connectivity index is 2.07. The van der Waals surface area contributed by atoms with Gasteiger partial charge in [0.05, 0.1) is 9.88 Å². The van der Waals surface area contributed by atoms with Gasteiger partial charge in [-0.15, -0.1) is 11.3 Å². The Kier molecular flexibility index (Phi) is 5.48. The monoisotopic (exact) mass is 350 g/mol. The number of hydrogen-bond acceptors (Lipinski definition) is 4. The molecule has 7 nitrogen and oxygen atoms in total. The van der Waals surface area contributed by atoms with Crippen LogP contribution in [0.15, 0.2) is 30.3 Å². The van der Waals surface area contributed by atoms with Crippen molar-refractivity contribution in [2.75, 3.05) is 12.4 Å². The number of nitrogens with one attached hydrogen (secondary N) is 4. The number of hydrazine groups is 1. The Morgan fingerprint density at radius 1 is 1.08 bits per heavy atom. The maximum atomic E-state index is 13.1. The van der Waals surface area contributed by atoms with Crippen molar-refractivity contribution < 1.29 is 18.8 Å². The minimum absolute atomic E-state index is 0.174. The first-order valence-electron chi connectivity index (χ1n) is 6.86. The van der Waals surface area contributed by atoms with Crippen molar-refractivity contribution in [3.05, 3.63) is 52.2 Å². The lowest BCUT2D eigenvalue weighted by atomic mass is 10.2. The molecule has 9 heteroatoms. The smallest absolute Gasteiger partial charge is 0.333 e. The Morgan fingerprint density at radius 2 is 1.83 bits per heavy atom. The van der Waals surface area contributed by atoms with Gasteiger partial charge >= 0.3 is 6.03 Å². The first kappa shape index (κ1) is 17.4. The molecular weight excluding hydrogens is 335 g/mol. The van der Waals surface area contributed by atoms with Crippen molar-refractivity contribution in [3.8, 4) is 0 Å². The molecule has 0 radical (unpaired) electrons. The van der Waals surface area contributed by atoms with Crippen LogP contribution >= 0.6 is 11.3 Å². The van der Waals surface area contributed by atoms with Gasteiger partial charge in [-0.1, -0.05) is 6.07 Å². The van der Waals surface area contributed by atoms with Gasteiger partial charge in [0.1, 0.15) is 5.82 Å². The number of thiophene rings is 1. The third-order valence-corrected chi connectivity index (χ3v) is 4.12.